The van der Waals surface area contributed by atoms with Crippen LogP contribution in [-0.4, -0.2) is 14.4 Å². The van der Waals surface area contributed by atoms with E-state index in [0.29, 0.717) is 10.2 Å². The van der Waals surface area contributed by atoms with Crippen molar-refractivity contribution >= 4 is 45.5 Å². The maximum absolute atomic E-state index is 5.95. The quantitative estimate of drug-likeness (QED) is 0.751. The number of hydrogen-bond donors (Lipinski definition) is 1. The molecule has 0 aliphatic heterocycles. The van der Waals surface area contributed by atoms with Crippen molar-refractivity contribution in [3.05, 3.63) is 40.9 Å². The van der Waals surface area contributed by atoms with E-state index in [4.69, 9.17) is 17.3 Å². The molecule has 0 amide bonds. The zero-order chi connectivity index (χ0) is 13.4. The van der Waals surface area contributed by atoms with Gasteiger partial charge in [0.25, 0.3) is 0 Å². The summed E-state index contributed by atoms with van der Waals surface area (Å²) in [5.74, 6) is 0.793. The maximum atomic E-state index is 5.95. The minimum atomic E-state index is 0.613. The number of thiazole rings is 1. The molecular weight excluding hydrogens is 300 g/mol. The third kappa shape index (κ3) is 2.70. The number of nitrogens with zero attached hydrogens (tertiary/aromatic N) is 3. The Morgan fingerprint density at radius 2 is 2.21 bits per heavy atom. The number of imidazole rings is 1. The summed E-state index contributed by atoms with van der Waals surface area (Å²) in [5.41, 5.74) is 8.59. The van der Waals surface area contributed by atoms with Crippen LogP contribution in [0.2, 0.25) is 5.02 Å². The van der Waals surface area contributed by atoms with Gasteiger partial charge in [-0.05, 0) is 19.1 Å². The van der Waals surface area contributed by atoms with E-state index in [1.165, 1.54) is 11.3 Å². The van der Waals surface area contributed by atoms with Crippen LogP contribution in [0.1, 0.15) is 11.4 Å². The second kappa shape index (κ2) is 5.03. The van der Waals surface area contributed by atoms with Crippen molar-refractivity contribution < 1.29 is 0 Å². The second-order valence-corrected chi connectivity index (χ2v) is 6.77. The highest BCUT2D eigenvalue weighted by atomic mass is 35.5. The number of rotatable bonds is 3. The van der Waals surface area contributed by atoms with Crippen molar-refractivity contribution in [1.82, 2.24) is 14.4 Å². The van der Waals surface area contributed by atoms with Gasteiger partial charge in [0.2, 0.25) is 0 Å². The topological polar surface area (TPSA) is 56.2 Å². The van der Waals surface area contributed by atoms with Crippen LogP contribution in [-0.2, 0) is 5.75 Å². The van der Waals surface area contributed by atoms with Gasteiger partial charge in [-0.2, -0.15) is 0 Å². The standard InChI is InChI=1S/C12H11ClN4S2/c1-7-11(19-12(14)15-7)18-6-9-5-17-4-8(13)2-3-10(17)16-9/h2-5H,6H2,1H3,(H2,14,15). The predicted octanol–water partition coefficient (Wildman–Crippen LogP) is 3.63. The molecule has 0 bridgehead atoms. The Kier molecular flexibility index (Phi) is 3.38. The third-order valence-electron chi connectivity index (χ3n) is 2.59. The number of fused-ring (bicyclic) bond motifs is 1. The van der Waals surface area contributed by atoms with E-state index >= 15 is 0 Å². The lowest BCUT2D eigenvalue weighted by Gasteiger charge is -1.94. The zero-order valence-corrected chi connectivity index (χ0v) is 12.5. The van der Waals surface area contributed by atoms with E-state index in [1.807, 2.05) is 35.9 Å². The van der Waals surface area contributed by atoms with Crippen molar-refractivity contribution in [2.24, 2.45) is 0 Å². The molecule has 0 saturated heterocycles. The van der Waals surface area contributed by atoms with E-state index < -0.39 is 0 Å². The molecule has 0 radical (unpaired) electrons. The number of nitrogen functional groups attached to an aromatic ring is 1. The fourth-order valence-corrected chi connectivity index (χ4v) is 3.84. The summed E-state index contributed by atoms with van der Waals surface area (Å²) >= 11 is 9.17. The normalized spacial score (nSPS) is 11.3. The number of aromatic nitrogens is 3. The number of thioether (sulfide) groups is 1. The van der Waals surface area contributed by atoms with Crippen LogP contribution in [0, 0.1) is 6.92 Å². The molecule has 4 nitrogen and oxygen atoms in total. The van der Waals surface area contributed by atoms with Gasteiger partial charge in [-0.1, -0.05) is 22.9 Å². The summed E-state index contributed by atoms with van der Waals surface area (Å²) in [6.07, 6.45) is 3.85. The minimum Gasteiger partial charge on any atom is -0.375 e. The molecule has 0 spiro atoms. The van der Waals surface area contributed by atoms with Gasteiger partial charge in [0.05, 0.1) is 20.6 Å². The Morgan fingerprint density at radius 3 is 2.95 bits per heavy atom. The van der Waals surface area contributed by atoms with Gasteiger partial charge in [0.1, 0.15) is 5.65 Å². The summed E-state index contributed by atoms with van der Waals surface area (Å²) in [6.45, 7) is 1.97. The highest BCUT2D eigenvalue weighted by molar-refractivity contribution is 8.00. The average Bonchev–Trinajstić information content (AvgIpc) is 2.89. The molecule has 0 atom stereocenters. The van der Waals surface area contributed by atoms with E-state index in [2.05, 4.69) is 9.97 Å². The maximum Gasteiger partial charge on any atom is 0.181 e. The summed E-state index contributed by atoms with van der Waals surface area (Å²) in [6, 6.07) is 3.75. The molecule has 3 heterocycles. The predicted molar refractivity (Wildman–Crippen MR) is 81.0 cm³/mol. The minimum absolute atomic E-state index is 0.613. The SMILES string of the molecule is Cc1nc(N)sc1SCc1cn2cc(Cl)ccc2n1. The molecule has 7 heteroatoms. The summed E-state index contributed by atoms with van der Waals surface area (Å²) in [7, 11) is 0. The average molecular weight is 311 g/mol. The fraction of sp³-hybridized carbons (Fsp3) is 0.167. The highest BCUT2D eigenvalue weighted by Crippen LogP contribution is 2.32. The molecule has 19 heavy (non-hydrogen) atoms. The van der Waals surface area contributed by atoms with Crippen molar-refractivity contribution in [3.8, 4) is 0 Å². The number of nitrogens with two attached hydrogens (primary N) is 1. The van der Waals surface area contributed by atoms with Crippen LogP contribution in [0.25, 0.3) is 5.65 Å². The Morgan fingerprint density at radius 1 is 1.37 bits per heavy atom. The van der Waals surface area contributed by atoms with Gasteiger partial charge in [-0.3, -0.25) is 0 Å². The van der Waals surface area contributed by atoms with Crippen LogP contribution in [0.4, 0.5) is 5.13 Å². The van der Waals surface area contributed by atoms with Crippen LogP contribution in [0.5, 0.6) is 0 Å². The lowest BCUT2D eigenvalue weighted by Crippen LogP contribution is -1.81. The molecule has 0 aliphatic rings. The first kappa shape index (κ1) is 12.8. The van der Waals surface area contributed by atoms with Gasteiger partial charge in [0.15, 0.2) is 5.13 Å². The molecular formula is C12H11ClN4S2. The Hall–Kier alpha value is -1.24. The van der Waals surface area contributed by atoms with Gasteiger partial charge < -0.3 is 10.1 Å². The van der Waals surface area contributed by atoms with Crippen molar-refractivity contribution in [2.75, 3.05) is 5.73 Å². The van der Waals surface area contributed by atoms with Gasteiger partial charge in [-0.15, -0.1) is 11.8 Å². The van der Waals surface area contributed by atoms with E-state index in [9.17, 15) is 0 Å². The number of aryl methyl sites for hydroxylation is 1. The summed E-state index contributed by atoms with van der Waals surface area (Å²) < 4.78 is 3.08. The smallest absolute Gasteiger partial charge is 0.181 e. The van der Waals surface area contributed by atoms with E-state index in [-0.39, 0.29) is 0 Å². The molecule has 0 aliphatic carbocycles. The molecule has 98 valence electrons. The monoisotopic (exact) mass is 310 g/mol. The molecule has 3 aromatic heterocycles. The third-order valence-corrected chi connectivity index (χ3v) is 5.19. The molecule has 0 unspecified atom stereocenters. The molecule has 3 aromatic rings. The van der Waals surface area contributed by atoms with Crippen LogP contribution in [0.3, 0.4) is 0 Å². The van der Waals surface area contributed by atoms with Crippen molar-refractivity contribution in [3.63, 3.8) is 0 Å². The lowest BCUT2D eigenvalue weighted by molar-refractivity contribution is 1.18. The number of pyridine rings is 1. The molecule has 0 fully saturated rings. The first-order chi connectivity index (χ1) is 9.11. The Balaban J connectivity index is 1.80. The van der Waals surface area contributed by atoms with Gasteiger partial charge in [-0.25, -0.2) is 9.97 Å². The molecule has 3 rings (SSSR count). The molecule has 0 aromatic carbocycles. The first-order valence-corrected chi connectivity index (χ1v) is 7.78. The van der Waals surface area contributed by atoms with E-state index in [1.54, 1.807) is 11.8 Å². The van der Waals surface area contributed by atoms with Crippen LogP contribution >= 0.6 is 34.7 Å². The largest absolute Gasteiger partial charge is 0.375 e. The summed E-state index contributed by atoms with van der Waals surface area (Å²) in [5, 5.41) is 1.32. The zero-order valence-electron chi connectivity index (χ0n) is 10.1. The van der Waals surface area contributed by atoms with Crippen LogP contribution < -0.4 is 5.73 Å². The first-order valence-electron chi connectivity index (χ1n) is 5.60. The van der Waals surface area contributed by atoms with E-state index in [0.717, 1.165) is 27.0 Å². The van der Waals surface area contributed by atoms with Crippen LogP contribution in [0.15, 0.2) is 28.7 Å². The lowest BCUT2D eigenvalue weighted by atomic mass is 10.5. The number of anilines is 1. The second-order valence-electron chi connectivity index (χ2n) is 4.06. The highest BCUT2D eigenvalue weighted by Gasteiger charge is 2.08. The molecule has 0 saturated carbocycles. The Labute approximate surface area is 123 Å². The van der Waals surface area contributed by atoms with Gasteiger partial charge >= 0.3 is 0 Å². The number of halogens is 1. The fourth-order valence-electron chi connectivity index (χ4n) is 1.76. The molecule has 2 N–H and O–H groups in total. The summed E-state index contributed by atoms with van der Waals surface area (Å²) in [4.78, 5) is 8.75. The van der Waals surface area contributed by atoms with Crippen molar-refractivity contribution in [2.45, 2.75) is 16.9 Å². The van der Waals surface area contributed by atoms with Crippen molar-refractivity contribution in [1.29, 1.82) is 0 Å². The number of hydrogen-bond acceptors (Lipinski definition) is 5. The van der Waals surface area contributed by atoms with Gasteiger partial charge in [0, 0.05) is 18.1 Å². The Bertz CT molecular complexity index is 734.